The molecule has 0 radical (unpaired) electrons. The van der Waals surface area contributed by atoms with Gasteiger partial charge < -0.3 is 20.4 Å². The smallest absolute Gasteiger partial charge is 0.257 e. The molecule has 0 unspecified atom stereocenters. The van der Waals surface area contributed by atoms with Crippen LogP contribution in [0, 0.1) is 23.3 Å². The third kappa shape index (κ3) is 4.78. The van der Waals surface area contributed by atoms with Crippen molar-refractivity contribution in [3.63, 3.8) is 0 Å². The summed E-state index contributed by atoms with van der Waals surface area (Å²) < 4.78 is 59.3. The minimum Gasteiger partial charge on any atom is -0.389 e. The molecule has 1 saturated heterocycles. The van der Waals surface area contributed by atoms with Gasteiger partial charge in [-0.2, -0.15) is 0 Å². The number of amides is 1. The first kappa shape index (κ1) is 26.6. The number of anilines is 1. The number of aliphatic hydroxyl groups is 2. The first-order valence-corrected chi connectivity index (χ1v) is 11.7. The molecule has 1 amide bonds. The number of nitrogens with zero attached hydrogens (tertiary/aromatic N) is 3. The molecule has 2 atom stereocenters. The van der Waals surface area contributed by atoms with Crippen LogP contribution in [0.4, 0.5) is 23.4 Å². The highest BCUT2D eigenvalue weighted by Crippen LogP contribution is 2.28. The van der Waals surface area contributed by atoms with E-state index in [1.807, 2.05) is 13.8 Å². The van der Waals surface area contributed by atoms with E-state index in [2.05, 4.69) is 10.3 Å². The van der Waals surface area contributed by atoms with Gasteiger partial charge in [-0.3, -0.25) is 14.2 Å². The van der Waals surface area contributed by atoms with Gasteiger partial charge in [0.05, 0.1) is 17.6 Å². The van der Waals surface area contributed by atoms with Crippen molar-refractivity contribution in [2.75, 3.05) is 18.0 Å². The van der Waals surface area contributed by atoms with Crippen LogP contribution in [0.3, 0.4) is 0 Å². The molecule has 0 bridgehead atoms. The van der Waals surface area contributed by atoms with Crippen molar-refractivity contribution in [1.82, 2.24) is 14.9 Å². The molecule has 8 nitrogen and oxygen atoms in total. The van der Waals surface area contributed by atoms with Gasteiger partial charge in [0.2, 0.25) is 5.43 Å². The number of carbonyl (C=O) groups is 1. The summed E-state index contributed by atoms with van der Waals surface area (Å²) in [5.41, 5.74) is -3.39. The second-order valence-electron chi connectivity index (χ2n) is 9.39. The van der Waals surface area contributed by atoms with E-state index in [-0.39, 0.29) is 18.9 Å². The summed E-state index contributed by atoms with van der Waals surface area (Å²) >= 11 is 0. The van der Waals surface area contributed by atoms with E-state index in [0.717, 1.165) is 16.8 Å². The highest BCUT2D eigenvalue weighted by atomic mass is 19.1. The van der Waals surface area contributed by atoms with E-state index in [1.165, 1.54) is 4.90 Å². The molecule has 1 fully saturated rings. The second kappa shape index (κ2) is 9.75. The second-order valence-corrected chi connectivity index (χ2v) is 9.39. The first-order chi connectivity index (χ1) is 17.4. The van der Waals surface area contributed by atoms with Crippen LogP contribution in [-0.2, 0) is 0 Å². The molecular formula is C25H26F4N4O4. The lowest BCUT2D eigenvalue weighted by molar-refractivity contribution is 0.0572. The van der Waals surface area contributed by atoms with E-state index in [1.54, 1.807) is 6.92 Å². The summed E-state index contributed by atoms with van der Waals surface area (Å²) in [5.74, 6) is -6.13. The van der Waals surface area contributed by atoms with Gasteiger partial charge in [-0.1, -0.05) is 13.8 Å². The minimum absolute atomic E-state index is 0.187. The number of benzene rings is 1. The summed E-state index contributed by atoms with van der Waals surface area (Å²) in [6.07, 6.45) is -0.461. The third-order valence-corrected chi connectivity index (χ3v) is 6.91. The minimum atomic E-state index is -1.35. The maximum atomic E-state index is 15.2. The maximum absolute atomic E-state index is 15.2. The standard InChI is InChI=1S/C25H26F4N4O4/c1-4-25(3,5-2)31-24(37)14-9-33(20-15(27)6-12(26)7-16(20)28)22-13(21(14)36)8-17(29)23(30-22)32-10-18(34)19(35)11-32/h6-9,18-19,34-35H,4-5,10-11H2,1-3H3,(H,31,37)/t18-,19+. The molecule has 198 valence electrons. The Balaban J connectivity index is 2.01. The molecule has 1 aromatic carbocycles. The number of carbonyl (C=O) groups excluding carboxylic acids is 1. The number of pyridine rings is 2. The lowest BCUT2D eigenvalue weighted by Gasteiger charge is -2.28. The van der Waals surface area contributed by atoms with Gasteiger partial charge in [0.25, 0.3) is 5.91 Å². The lowest BCUT2D eigenvalue weighted by atomic mass is 9.95. The normalized spacial score (nSPS) is 18.0. The zero-order valence-electron chi connectivity index (χ0n) is 20.4. The van der Waals surface area contributed by atoms with Gasteiger partial charge in [-0.15, -0.1) is 0 Å². The van der Waals surface area contributed by atoms with Crippen LogP contribution < -0.4 is 15.6 Å². The van der Waals surface area contributed by atoms with Crippen LogP contribution in [0.1, 0.15) is 44.0 Å². The molecule has 1 aliphatic heterocycles. The Morgan fingerprint density at radius 2 is 1.62 bits per heavy atom. The van der Waals surface area contributed by atoms with Crippen molar-refractivity contribution in [3.05, 3.63) is 63.5 Å². The number of fused-ring (bicyclic) bond motifs is 1. The Bertz CT molecular complexity index is 1410. The number of aliphatic hydroxyl groups excluding tert-OH is 2. The molecule has 3 aromatic rings. The van der Waals surface area contributed by atoms with Gasteiger partial charge in [0.1, 0.15) is 17.1 Å². The van der Waals surface area contributed by atoms with E-state index in [0.29, 0.717) is 25.0 Å². The molecule has 4 rings (SSSR count). The van der Waals surface area contributed by atoms with Gasteiger partial charge >= 0.3 is 0 Å². The van der Waals surface area contributed by atoms with Gasteiger partial charge in [0.15, 0.2) is 28.9 Å². The van der Waals surface area contributed by atoms with Gasteiger partial charge in [0, 0.05) is 37.0 Å². The van der Waals surface area contributed by atoms with Crippen LogP contribution >= 0.6 is 0 Å². The Morgan fingerprint density at radius 1 is 1.05 bits per heavy atom. The molecule has 3 heterocycles. The Labute approximate surface area is 209 Å². The summed E-state index contributed by atoms with van der Waals surface area (Å²) in [4.78, 5) is 31.8. The molecule has 0 spiro atoms. The van der Waals surface area contributed by atoms with Crippen LogP contribution in [0.15, 0.2) is 29.2 Å². The monoisotopic (exact) mass is 522 g/mol. The van der Waals surface area contributed by atoms with Crippen molar-refractivity contribution >= 4 is 22.8 Å². The number of hydrogen-bond donors (Lipinski definition) is 3. The number of aromatic nitrogens is 2. The van der Waals surface area contributed by atoms with Crippen molar-refractivity contribution in [3.8, 4) is 5.69 Å². The largest absolute Gasteiger partial charge is 0.389 e. The van der Waals surface area contributed by atoms with Crippen LogP contribution in [0.25, 0.3) is 16.7 Å². The molecule has 12 heteroatoms. The number of nitrogens with one attached hydrogen (secondary N) is 1. The number of β-amino-alcohol motifs (C(OH)–C–C–N with tert-alkyl or cyclic N) is 2. The summed E-state index contributed by atoms with van der Waals surface area (Å²) in [6.45, 7) is 5.05. The average molecular weight is 522 g/mol. The predicted octanol–water partition coefficient (Wildman–Crippen LogP) is 2.79. The fourth-order valence-electron chi connectivity index (χ4n) is 4.24. The predicted molar refractivity (Wildman–Crippen MR) is 128 cm³/mol. The van der Waals surface area contributed by atoms with Crippen molar-refractivity contribution in [1.29, 1.82) is 0 Å². The lowest BCUT2D eigenvalue weighted by Crippen LogP contribution is -2.46. The molecule has 37 heavy (non-hydrogen) atoms. The molecule has 0 aliphatic carbocycles. The Hall–Kier alpha value is -3.51. The molecule has 2 aromatic heterocycles. The van der Waals surface area contributed by atoms with Crippen molar-refractivity contribution in [2.24, 2.45) is 0 Å². The zero-order chi connectivity index (χ0) is 27.2. The van der Waals surface area contributed by atoms with Crippen molar-refractivity contribution < 1.29 is 32.6 Å². The Morgan fingerprint density at radius 3 is 2.16 bits per heavy atom. The summed E-state index contributed by atoms with van der Waals surface area (Å²) in [5, 5.41) is 22.0. The molecular weight excluding hydrogens is 496 g/mol. The topological polar surface area (TPSA) is 108 Å². The third-order valence-electron chi connectivity index (χ3n) is 6.91. The van der Waals surface area contributed by atoms with Gasteiger partial charge in [-0.05, 0) is 25.8 Å². The fourth-order valence-corrected chi connectivity index (χ4v) is 4.24. The van der Waals surface area contributed by atoms with E-state index < -0.39 is 74.6 Å². The molecule has 0 saturated carbocycles. The van der Waals surface area contributed by atoms with Crippen LogP contribution in [0.2, 0.25) is 0 Å². The van der Waals surface area contributed by atoms with Gasteiger partial charge in [-0.25, -0.2) is 22.5 Å². The molecule has 3 N–H and O–H groups in total. The van der Waals surface area contributed by atoms with E-state index in [9.17, 15) is 33.0 Å². The quantitative estimate of drug-likeness (QED) is 0.430. The van der Waals surface area contributed by atoms with Crippen LogP contribution in [0.5, 0.6) is 0 Å². The Kier molecular flexibility index (Phi) is 6.99. The highest BCUT2D eigenvalue weighted by Gasteiger charge is 2.33. The fraction of sp³-hybridized carbons (Fsp3) is 0.400. The number of hydrogen-bond acceptors (Lipinski definition) is 6. The van der Waals surface area contributed by atoms with E-state index >= 15 is 4.39 Å². The zero-order valence-corrected chi connectivity index (χ0v) is 20.4. The number of halogens is 4. The summed E-state index contributed by atoms with van der Waals surface area (Å²) in [6, 6.07) is 1.62. The maximum Gasteiger partial charge on any atom is 0.257 e. The first-order valence-electron chi connectivity index (χ1n) is 11.7. The highest BCUT2D eigenvalue weighted by molar-refractivity contribution is 5.97. The number of rotatable bonds is 6. The van der Waals surface area contributed by atoms with Crippen LogP contribution in [-0.4, -0.2) is 56.5 Å². The van der Waals surface area contributed by atoms with Crippen molar-refractivity contribution in [2.45, 2.75) is 51.4 Å². The van der Waals surface area contributed by atoms with E-state index in [4.69, 9.17) is 0 Å². The molecule has 1 aliphatic rings. The SMILES string of the molecule is CCC(C)(CC)NC(=O)c1cn(-c2c(F)cc(F)cc2F)c2nc(N3C[C@@H](O)[C@@H](O)C3)c(F)cc2c1=O. The summed E-state index contributed by atoms with van der Waals surface area (Å²) in [7, 11) is 0. The average Bonchev–Trinajstić information content (AvgIpc) is 3.17.